The van der Waals surface area contributed by atoms with Gasteiger partial charge in [-0.15, -0.1) is 0 Å². The van der Waals surface area contributed by atoms with Crippen LogP contribution in [0.1, 0.15) is 34.1 Å². The average Bonchev–Trinajstić information content (AvgIpc) is 3.52. The van der Waals surface area contributed by atoms with Crippen LogP contribution in [0, 0.1) is 0 Å². The van der Waals surface area contributed by atoms with Gasteiger partial charge in [0.05, 0.1) is 33.0 Å². The van der Waals surface area contributed by atoms with Gasteiger partial charge in [-0.25, -0.2) is 0 Å². The number of hydrogen-bond donors (Lipinski definition) is 18. The first-order valence-corrected chi connectivity index (χ1v) is 26.4. The Morgan fingerprint density at radius 1 is 0.464 bits per heavy atom. The van der Waals surface area contributed by atoms with Crippen LogP contribution < -0.4 is 31.9 Å². The largest absolute Gasteiger partial charge is 0.394 e. The van der Waals surface area contributed by atoms with Crippen LogP contribution in [-0.2, 0) is 81.0 Å². The van der Waals surface area contributed by atoms with Gasteiger partial charge in [-0.05, 0) is 0 Å². The van der Waals surface area contributed by atoms with Gasteiger partial charge in [-0.3, -0.25) is 43.3 Å². The highest BCUT2D eigenvalue weighted by atomic mass is 16.8. The van der Waals surface area contributed by atoms with Crippen molar-refractivity contribution in [1.29, 1.82) is 0 Å². The molecule has 474 valence electrons. The summed E-state index contributed by atoms with van der Waals surface area (Å²) in [6, 6.07) is -8.50. The number of aliphatic hydroxyl groups is 12. The highest BCUT2D eigenvalue weighted by Gasteiger charge is 2.58. The Bertz CT molecular complexity index is 2360. The second-order valence-corrected chi connectivity index (χ2v) is 20.2. The molecule has 0 radical (unpaired) electrons. The van der Waals surface area contributed by atoms with E-state index in [9.17, 15) is 99.6 Å². The van der Waals surface area contributed by atoms with Crippen LogP contribution in [0.15, 0.2) is 24.4 Å². The molecular weight excluding hydrogens is 1140 g/mol. The number of carbonyl (C=O) groups excluding carboxylic acids is 8. The second kappa shape index (κ2) is 30.3. The minimum Gasteiger partial charge on any atom is -0.394 e. The van der Waals surface area contributed by atoms with Gasteiger partial charge in [0.15, 0.2) is 31.5 Å². The lowest BCUT2D eigenvalue weighted by Gasteiger charge is -2.51. The maximum atomic E-state index is 13.2. The molecule has 5 saturated heterocycles. The molecule has 6 rings (SSSR count). The number of imide groups is 1. The molecule has 5 fully saturated rings. The first-order valence-electron chi connectivity index (χ1n) is 26.4. The Kier molecular flexibility index (Phi) is 24.4. The smallest absolute Gasteiger partial charge is 0.257 e. The molecule has 0 aliphatic carbocycles. The summed E-state index contributed by atoms with van der Waals surface area (Å²) < 4.78 is 53.3. The topological polar surface area (TPSA) is 538 Å². The minimum absolute atomic E-state index is 0.360. The summed E-state index contributed by atoms with van der Waals surface area (Å²) in [4.78, 5) is 99.7. The third kappa shape index (κ3) is 16.2. The summed E-state index contributed by atoms with van der Waals surface area (Å²) in [7, 11) is 0. The number of rotatable bonds is 23. The molecule has 84 heavy (non-hydrogen) atoms. The summed E-state index contributed by atoms with van der Waals surface area (Å²) in [6.45, 7) is -1.14. The number of nitrogens with zero attached hydrogens (tertiary/aromatic N) is 1. The van der Waals surface area contributed by atoms with E-state index in [4.69, 9.17) is 42.6 Å². The Hall–Kier alpha value is -5.40. The first-order chi connectivity index (χ1) is 39.8. The van der Waals surface area contributed by atoms with E-state index in [-0.39, 0.29) is 6.54 Å². The fourth-order valence-corrected chi connectivity index (χ4v) is 10.1. The van der Waals surface area contributed by atoms with E-state index in [0.717, 1.165) is 52.1 Å². The zero-order valence-corrected chi connectivity index (χ0v) is 45.4. The van der Waals surface area contributed by atoms with E-state index in [1.165, 1.54) is 0 Å². The van der Waals surface area contributed by atoms with Gasteiger partial charge in [-0.2, -0.15) is 0 Å². The fraction of sp³-hybridized carbons (Fsp3) is 0.750. The zero-order valence-electron chi connectivity index (χ0n) is 45.4. The van der Waals surface area contributed by atoms with Gasteiger partial charge >= 0.3 is 0 Å². The molecule has 5 unspecified atom stereocenters. The number of aliphatic hydroxyl groups excluding tert-OH is 12. The Labute approximate surface area is 476 Å². The second-order valence-electron chi connectivity index (χ2n) is 20.2. The molecule has 0 aromatic heterocycles. The molecule has 6 aliphatic heterocycles. The van der Waals surface area contributed by atoms with Crippen molar-refractivity contribution in [3.8, 4) is 0 Å². The van der Waals surface area contributed by atoms with Gasteiger partial charge in [0.2, 0.25) is 35.4 Å². The van der Waals surface area contributed by atoms with Crippen LogP contribution in [0.3, 0.4) is 0 Å². The van der Waals surface area contributed by atoms with Crippen LogP contribution >= 0.6 is 0 Å². The van der Waals surface area contributed by atoms with E-state index in [1.807, 2.05) is 0 Å². The minimum atomic E-state index is -2.06. The Morgan fingerprint density at radius 2 is 0.786 bits per heavy atom. The van der Waals surface area contributed by atoms with Crippen molar-refractivity contribution in [2.75, 3.05) is 39.6 Å². The molecule has 8 amide bonds. The Balaban J connectivity index is 1.18. The number of carbonyl (C=O) groups is 8. The molecule has 36 nitrogen and oxygen atoms in total. The third-order valence-corrected chi connectivity index (χ3v) is 14.2. The van der Waals surface area contributed by atoms with E-state index in [2.05, 4.69) is 31.9 Å². The van der Waals surface area contributed by atoms with Crippen molar-refractivity contribution in [3.05, 3.63) is 24.4 Å². The van der Waals surface area contributed by atoms with Gasteiger partial charge in [0.1, 0.15) is 122 Å². The predicted molar refractivity (Wildman–Crippen MR) is 267 cm³/mol. The van der Waals surface area contributed by atoms with E-state index in [1.54, 1.807) is 0 Å². The average molecular weight is 1210 g/mol. The molecular formula is C48H73N7O29. The van der Waals surface area contributed by atoms with Crippen LogP contribution in [0.2, 0.25) is 0 Å². The van der Waals surface area contributed by atoms with E-state index >= 15 is 0 Å². The van der Waals surface area contributed by atoms with Crippen molar-refractivity contribution in [1.82, 2.24) is 36.8 Å². The SMILES string of the molecule is CC(=O)N[C@H]1[C@H](OC2[C@@H](CO)O[C@@H](OC3[C@@H](CO)O[C@@H](OC4[C@@H](CO)OC(O)[C@H](NC(C)=O)[C@H]4O)[C@H](NC(C)=O)[C@H]3O)[C@H](NC(C)=O)[C@H]2O)O[C@H](CO)C(O[C@@H]2O[C@H](CO)[C@@H](O)[C@H](O)[C@H]2NC(=O)CCNC(=O)C=CN2C(=O)C=CC2=O)[C@@H]1O. The summed E-state index contributed by atoms with van der Waals surface area (Å²) in [6.07, 6.45) is -33.4. The first kappa shape index (κ1) is 67.7. The van der Waals surface area contributed by atoms with Gasteiger partial charge in [0.25, 0.3) is 11.8 Å². The predicted octanol–water partition coefficient (Wildman–Crippen LogP) is -12.3. The molecule has 18 N–H and O–H groups in total. The van der Waals surface area contributed by atoms with E-state index < -0.39 is 240 Å². The lowest BCUT2D eigenvalue weighted by Crippen LogP contribution is -2.72. The highest BCUT2D eigenvalue weighted by molar-refractivity contribution is 6.14. The summed E-state index contributed by atoms with van der Waals surface area (Å²) >= 11 is 0. The number of ether oxygens (including phenoxy) is 9. The van der Waals surface area contributed by atoms with Crippen molar-refractivity contribution in [3.63, 3.8) is 0 Å². The summed E-state index contributed by atoms with van der Waals surface area (Å²) in [5.74, 6) is -6.31. The molecule has 0 bridgehead atoms. The lowest BCUT2D eigenvalue weighted by molar-refractivity contribution is -0.367. The fourth-order valence-electron chi connectivity index (χ4n) is 10.1. The summed E-state index contributed by atoms with van der Waals surface area (Å²) in [5, 5.41) is 146. The Morgan fingerprint density at radius 3 is 1.14 bits per heavy atom. The van der Waals surface area contributed by atoms with Crippen LogP contribution in [0.5, 0.6) is 0 Å². The van der Waals surface area contributed by atoms with Gasteiger partial charge in [0, 0.05) is 65.1 Å². The van der Waals surface area contributed by atoms with Crippen LogP contribution in [0.25, 0.3) is 0 Å². The molecule has 6 heterocycles. The van der Waals surface area contributed by atoms with Crippen LogP contribution in [-0.4, -0.2) is 306 Å². The molecule has 0 spiro atoms. The van der Waals surface area contributed by atoms with Crippen molar-refractivity contribution >= 4 is 47.3 Å². The van der Waals surface area contributed by atoms with E-state index in [0.29, 0.717) is 4.90 Å². The van der Waals surface area contributed by atoms with Gasteiger partial charge < -0.3 is 136 Å². The summed E-state index contributed by atoms with van der Waals surface area (Å²) in [5.41, 5.74) is 0. The normalized spacial score (nSPS) is 39.8. The molecule has 0 aromatic rings. The van der Waals surface area contributed by atoms with Gasteiger partial charge in [-0.1, -0.05) is 0 Å². The third-order valence-electron chi connectivity index (χ3n) is 14.2. The quantitative estimate of drug-likeness (QED) is 0.0334. The number of hydrogen-bond acceptors (Lipinski definition) is 29. The van der Waals surface area contributed by atoms with Crippen molar-refractivity contribution in [2.24, 2.45) is 0 Å². The zero-order chi connectivity index (χ0) is 62.0. The number of amides is 8. The molecule has 0 aromatic carbocycles. The number of nitrogens with one attached hydrogen (secondary N) is 6. The maximum absolute atomic E-state index is 13.2. The van der Waals surface area contributed by atoms with Crippen LogP contribution in [0.4, 0.5) is 0 Å². The van der Waals surface area contributed by atoms with Crippen molar-refractivity contribution < 1.29 is 142 Å². The van der Waals surface area contributed by atoms with Crippen molar-refractivity contribution in [2.45, 2.75) is 187 Å². The maximum Gasteiger partial charge on any atom is 0.257 e. The molecule has 0 saturated carbocycles. The standard InChI is InChI=1S/C48H73N7O29/c1-16(61)50-29-36(71)40(21(12-57)76-44(29)75)81-46-31(51-17(2)62)38(73)42(23(14-59)78-46)83-48-33(53-19(4)64)39(74)43(24(15-60)80-48)84-47-32(52-18(3)63)37(72)41(22(13-58)79-47)82-45-30(35(70)34(69)20(11-56)77-45)54-26(66)7-9-49-25(65)8-10-55-27(67)5-6-28(55)68/h5-6,8,10,20-24,29-48,56-60,69-75H,7,9,11-15H2,1-4H3,(H,49,65)(H,50,61)(H,51,62)(H,52,63)(H,53,64)(H,54,66)/t20-,21-,22-,23-,24-,29-,30-,31-,32-,33-,34-,35-,36-,37-,38-,39-,40?,41?,42?,43?,44?,45+,46+,47+,48+/m1/s1. The highest BCUT2D eigenvalue weighted by Crippen LogP contribution is 2.36. The monoisotopic (exact) mass is 1210 g/mol. The molecule has 6 aliphatic rings. The molecule has 25 atom stereocenters. The lowest BCUT2D eigenvalue weighted by atomic mass is 9.93. The molecule has 36 heteroatoms.